The predicted molar refractivity (Wildman–Crippen MR) is 101 cm³/mol. The molecule has 142 valence electrons. The van der Waals surface area contributed by atoms with Crippen molar-refractivity contribution in [1.82, 2.24) is 5.43 Å². The van der Waals surface area contributed by atoms with Crippen molar-refractivity contribution < 1.29 is 19.1 Å². The molecule has 0 aliphatic rings. The first-order valence-electron chi connectivity index (χ1n) is 8.61. The van der Waals surface area contributed by atoms with Gasteiger partial charge < -0.3 is 10.1 Å². The van der Waals surface area contributed by atoms with Crippen LogP contribution in [0.2, 0.25) is 0 Å². The highest BCUT2D eigenvalue weighted by Gasteiger charge is 2.17. The van der Waals surface area contributed by atoms with Crippen molar-refractivity contribution in [2.24, 2.45) is 11.0 Å². The number of nitrogens with one attached hydrogen (secondary N) is 2. The van der Waals surface area contributed by atoms with Crippen molar-refractivity contribution >= 4 is 29.2 Å². The lowest BCUT2D eigenvalue weighted by Crippen LogP contribution is -2.26. The average molecular weight is 361 g/mol. The van der Waals surface area contributed by atoms with E-state index in [0.717, 1.165) is 11.1 Å². The molecule has 0 fully saturated rings. The topological polar surface area (TPSA) is 96.9 Å². The largest absolute Gasteiger partial charge is 0.465 e. The maximum absolute atomic E-state index is 11.9. The van der Waals surface area contributed by atoms with E-state index in [1.54, 1.807) is 20.8 Å². The number of hydrazone groups is 1. The Morgan fingerprint density at radius 3 is 2.38 bits per heavy atom. The molecule has 1 rings (SSSR count). The van der Waals surface area contributed by atoms with Gasteiger partial charge in [-0.2, -0.15) is 5.10 Å². The van der Waals surface area contributed by atoms with Gasteiger partial charge >= 0.3 is 5.97 Å². The van der Waals surface area contributed by atoms with Gasteiger partial charge in [0.2, 0.25) is 11.8 Å². The fourth-order valence-corrected chi connectivity index (χ4v) is 2.01. The number of nitrogens with zero attached hydrogens (tertiary/aromatic N) is 1. The minimum Gasteiger partial charge on any atom is -0.465 e. The number of carbonyl (C=O) groups excluding carboxylic acids is 3. The van der Waals surface area contributed by atoms with E-state index in [4.69, 9.17) is 4.74 Å². The zero-order valence-corrected chi connectivity index (χ0v) is 16.0. The van der Waals surface area contributed by atoms with Gasteiger partial charge in [0, 0.05) is 24.2 Å². The molecule has 2 amide bonds. The molecular weight excluding hydrogens is 334 g/mol. The number of benzene rings is 1. The third-order valence-corrected chi connectivity index (χ3v) is 3.99. The van der Waals surface area contributed by atoms with Crippen LogP contribution in [-0.2, 0) is 19.1 Å². The summed E-state index contributed by atoms with van der Waals surface area (Å²) in [4.78, 5) is 35.3. The van der Waals surface area contributed by atoms with Crippen molar-refractivity contribution in [2.75, 3.05) is 11.9 Å². The molecule has 1 atom stereocenters. The lowest BCUT2D eigenvalue weighted by atomic mass is 10.1. The normalized spacial score (nSPS) is 12.3. The fourth-order valence-electron chi connectivity index (χ4n) is 2.01. The third-order valence-electron chi connectivity index (χ3n) is 3.99. The van der Waals surface area contributed by atoms with E-state index >= 15 is 0 Å². The quantitative estimate of drug-likeness (QED) is 0.423. The molecule has 7 nitrogen and oxygen atoms in total. The van der Waals surface area contributed by atoms with Crippen molar-refractivity contribution in [3.63, 3.8) is 0 Å². The lowest BCUT2D eigenvalue weighted by Gasteiger charge is -2.10. The summed E-state index contributed by atoms with van der Waals surface area (Å²) in [5.41, 5.74) is 5.73. The number of esters is 1. The maximum Gasteiger partial charge on any atom is 0.314 e. The number of ether oxygens (including phenoxy) is 1. The van der Waals surface area contributed by atoms with Crippen molar-refractivity contribution in [3.8, 4) is 0 Å². The van der Waals surface area contributed by atoms with E-state index in [0.29, 0.717) is 18.0 Å². The minimum atomic E-state index is -0.539. The summed E-state index contributed by atoms with van der Waals surface area (Å²) in [7, 11) is 0. The van der Waals surface area contributed by atoms with Gasteiger partial charge in [-0.05, 0) is 57.9 Å². The van der Waals surface area contributed by atoms with Crippen LogP contribution in [0.1, 0.15) is 44.7 Å². The Balaban J connectivity index is 2.43. The van der Waals surface area contributed by atoms with Gasteiger partial charge in [-0.25, -0.2) is 5.43 Å². The third kappa shape index (κ3) is 7.04. The number of anilines is 1. The number of hydrogen-bond donors (Lipinski definition) is 2. The molecule has 7 heteroatoms. The second-order valence-corrected chi connectivity index (χ2v) is 6.11. The summed E-state index contributed by atoms with van der Waals surface area (Å²) in [6.45, 7) is 9.27. The molecular formula is C19H27N3O4. The molecule has 0 aliphatic carbocycles. The second kappa shape index (κ2) is 10.3. The molecule has 1 aromatic rings. The SMILES string of the molecule is CCOC(=O)C(C)/C(C)=N\NC(=O)CCC(=O)Nc1ccc(C)c(C)c1. The maximum atomic E-state index is 11.9. The highest BCUT2D eigenvalue weighted by Crippen LogP contribution is 2.14. The van der Waals surface area contributed by atoms with Crippen molar-refractivity contribution in [3.05, 3.63) is 29.3 Å². The highest BCUT2D eigenvalue weighted by atomic mass is 16.5. The average Bonchev–Trinajstić information content (AvgIpc) is 2.60. The van der Waals surface area contributed by atoms with Gasteiger partial charge in [0.25, 0.3) is 0 Å². The Morgan fingerprint density at radius 1 is 1.12 bits per heavy atom. The Kier molecular flexibility index (Phi) is 8.48. The van der Waals surface area contributed by atoms with Crippen LogP contribution in [0.3, 0.4) is 0 Å². The molecule has 0 aliphatic heterocycles. The van der Waals surface area contributed by atoms with Gasteiger partial charge in [-0.15, -0.1) is 0 Å². The molecule has 2 N–H and O–H groups in total. The smallest absolute Gasteiger partial charge is 0.314 e. The number of aryl methyl sites for hydroxylation is 2. The van der Waals surface area contributed by atoms with Crippen molar-refractivity contribution in [1.29, 1.82) is 0 Å². The summed E-state index contributed by atoms with van der Waals surface area (Å²) < 4.78 is 4.90. The van der Waals surface area contributed by atoms with E-state index in [2.05, 4.69) is 15.8 Å². The first-order chi connectivity index (χ1) is 12.2. The van der Waals surface area contributed by atoms with Crippen molar-refractivity contribution in [2.45, 2.75) is 47.5 Å². The number of hydrogen-bond acceptors (Lipinski definition) is 5. The molecule has 0 aromatic heterocycles. The van der Waals surface area contributed by atoms with Crippen LogP contribution in [0, 0.1) is 19.8 Å². The summed E-state index contributed by atoms with van der Waals surface area (Å²) in [6, 6.07) is 5.64. The molecule has 26 heavy (non-hydrogen) atoms. The van der Waals surface area contributed by atoms with Gasteiger partial charge in [0.1, 0.15) is 0 Å². The van der Waals surface area contributed by atoms with Crippen LogP contribution in [-0.4, -0.2) is 30.1 Å². The summed E-state index contributed by atoms with van der Waals surface area (Å²) >= 11 is 0. The van der Waals surface area contributed by atoms with E-state index in [9.17, 15) is 14.4 Å². The minimum absolute atomic E-state index is 0.00123. The monoisotopic (exact) mass is 361 g/mol. The van der Waals surface area contributed by atoms with Gasteiger partial charge in [-0.1, -0.05) is 6.07 Å². The molecule has 0 saturated carbocycles. The van der Waals surface area contributed by atoms with Gasteiger partial charge in [0.15, 0.2) is 0 Å². The highest BCUT2D eigenvalue weighted by molar-refractivity contribution is 6.01. The molecule has 0 heterocycles. The molecule has 0 saturated heterocycles. The lowest BCUT2D eigenvalue weighted by molar-refractivity contribution is -0.145. The first kappa shape index (κ1) is 21.3. The molecule has 0 spiro atoms. The summed E-state index contributed by atoms with van der Waals surface area (Å²) in [5, 5.41) is 6.66. The molecule has 1 unspecified atom stereocenters. The zero-order valence-electron chi connectivity index (χ0n) is 16.0. The summed E-state index contributed by atoms with van der Waals surface area (Å²) in [5.74, 6) is -1.57. The van der Waals surface area contributed by atoms with E-state index < -0.39 is 17.8 Å². The predicted octanol–water partition coefficient (Wildman–Crippen LogP) is 2.71. The zero-order chi connectivity index (χ0) is 19.7. The van der Waals surface area contributed by atoms with Crippen LogP contribution in [0.4, 0.5) is 5.69 Å². The number of rotatable bonds is 8. The van der Waals surface area contributed by atoms with E-state index in [1.807, 2.05) is 32.0 Å². The van der Waals surface area contributed by atoms with Gasteiger partial charge in [0.05, 0.1) is 12.5 Å². The van der Waals surface area contributed by atoms with Crippen LogP contribution < -0.4 is 10.7 Å². The fraction of sp³-hybridized carbons (Fsp3) is 0.474. The van der Waals surface area contributed by atoms with Crippen LogP contribution in [0.15, 0.2) is 23.3 Å². The number of amides is 2. The van der Waals surface area contributed by atoms with E-state index in [-0.39, 0.29) is 18.7 Å². The Hall–Kier alpha value is -2.70. The molecule has 1 aromatic carbocycles. The second-order valence-electron chi connectivity index (χ2n) is 6.11. The van der Waals surface area contributed by atoms with Crippen LogP contribution >= 0.6 is 0 Å². The Morgan fingerprint density at radius 2 is 1.77 bits per heavy atom. The Labute approximate surface area is 154 Å². The van der Waals surface area contributed by atoms with Gasteiger partial charge in [-0.3, -0.25) is 14.4 Å². The Bertz CT molecular complexity index is 698. The standard InChI is InChI=1S/C19H27N3O4/c1-6-26-19(25)14(4)15(5)21-22-18(24)10-9-17(23)20-16-8-7-12(2)13(3)11-16/h7-8,11,14H,6,9-10H2,1-5H3,(H,20,23)(H,22,24)/b21-15-. The number of carbonyl (C=O) groups is 3. The first-order valence-corrected chi connectivity index (χ1v) is 8.61. The summed E-state index contributed by atoms with van der Waals surface area (Å²) in [6.07, 6.45) is 0.0436. The molecule has 0 bridgehead atoms. The van der Waals surface area contributed by atoms with Crippen LogP contribution in [0.25, 0.3) is 0 Å². The van der Waals surface area contributed by atoms with E-state index in [1.165, 1.54) is 0 Å². The molecule has 0 radical (unpaired) electrons. The van der Waals surface area contributed by atoms with Crippen LogP contribution in [0.5, 0.6) is 0 Å².